The van der Waals surface area contributed by atoms with E-state index in [1.165, 1.54) is 0 Å². The first kappa shape index (κ1) is 17.0. The van der Waals surface area contributed by atoms with Crippen LogP contribution in [0.25, 0.3) is 0 Å². The van der Waals surface area contributed by atoms with Crippen molar-refractivity contribution in [3.63, 3.8) is 0 Å². The highest BCUT2D eigenvalue weighted by molar-refractivity contribution is 5.91. The molecule has 0 aromatic carbocycles. The summed E-state index contributed by atoms with van der Waals surface area (Å²) >= 11 is 0. The summed E-state index contributed by atoms with van der Waals surface area (Å²) in [6, 6.07) is -0.485. The highest BCUT2D eigenvalue weighted by Crippen LogP contribution is 2.26. The van der Waals surface area contributed by atoms with E-state index in [-0.39, 0.29) is 29.3 Å². The molecule has 3 unspecified atom stereocenters. The summed E-state index contributed by atoms with van der Waals surface area (Å²) in [5, 5.41) is 2.88. The zero-order valence-electron chi connectivity index (χ0n) is 13.5. The molecular formula is C15H28N2O3. The number of carbonyl (C=O) groups excluding carboxylic acids is 2. The fourth-order valence-electron chi connectivity index (χ4n) is 2.68. The predicted octanol–water partition coefficient (Wildman–Crippen LogP) is 1.56. The smallest absolute Gasteiger partial charge is 0.246 e. The lowest BCUT2D eigenvalue weighted by Crippen LogP contribution is -2.55. The maximum atomic E-state index is 12.8. The Bertz CT molecular complexity index is 363. The molecule has 3 atom stereocenters. The van der Waals surface area contributed by atoms with Crippen LogP contribution >= 0.6 is 0 Å². The van der Waals surface area contributed by atoms with Crippen molar-refractivity contribution >= 4 is 11.8 Å². The lowest BCUT2D eigenvalue weighted by Gasteiger charge is -2.37. The van der Waals surface area contributed by atoms with E-state index in [2.05, 4.69) is 5.32 Å². The van der Waals surface area contributed by atoms with Crippen LogP contribution in [-0.2, 0) is 14.3 Å². The van der Waals surface area contributed by atoms with Crippen LogP contribution in [0.3, 0.4) is 0 Å². The van der Waals surface area contributed by atoms with Gasteiger partial charge in [-0.2, -0.15) is 0 Å². The van der Waals surface area contributed by atoms with E-state index in [1.807, 2.05) is 39.5 Å². The SMILES string of the molecule is COCCC(C)N1C(=O)C(C(C)(C)C)NC(=O)CC1C. The van der Waals surface area contributed by atoms with Gasteiger partial charge in [0, 0.05) is 32.2 Å². The first-order valence-electron chi connectivity index (χ1n) is 7.29. The summed E-state index contributed by atoms with van der Waals surface area (Å²) in [7, 11) is 1.66. The molecule has 1 rings (SSSR count). The normalized spacial score (nSPS) is 26.2. The van der Waals surface area contributed by atoms with Gasteiger partial charge in [-0.1, -0.05) is 20.8 Å². The van der Waals surface area contributed by atoms with Gasteiger partial charge in [0.25, 0.3) is 0 Å². The molecule has 0 bridgehead atoms. The van der Waals surface area contributed by atoms with Crippen molar-refractivity contribution in [2.75, 3.05) is 13.7 Å². The van der Waals surface area contributed by atoms with Crippen LogP contribution in [0.2, 0.25) is 0 Å². The molecule has 0 saturated carbocycles. The third kappa shape index (κ3) is 3.95. The number of methoxy groups -OCH3 is 1. The summed E-state index contributed by atoms with van der Waals surface area (Å²) in [4.78, 5) is 26.6. The number of hydrogen-bond acceptors (Lipinski definition) is 3. The van der Waals surface area contributed by atoms with Gasteiger partial charge in [0.1, 0.15) is 6.04 Å². The summed E-state index contributed by atoms with van der Waals surface area (Å²) in [6.45, 7) is 10.5. The largest absolute Gasteiger partial charge is 0.385 e. The van der Waals surface area contributed by atoms with Gasteiger partial charge in [-0.15, -0.1) is 0 Å². The first-order valence-corrected chi connectivity index (χ1v) is 7.29. The quantitative estimate of drug-likeness (QED) is 0.852. The van der Waals surface area contributed by atoms with E-state index in [1.54, 1.807) is 7.11 Å². The molecule has 0 aliphatic carbocycles. The molecule has 1 N–H and O–H groups in total. The van der Waals surface area contributed by atoms with Crippen LogP contribution in [0, 0.1) is 5.41 Å². The van der Waals surface area contributed by atoms with Crippen molar-refractivity contribution in [2.45, 2.75) is 65.6 Å². The molecule has 1 heterocycles. The molecular weight excluding hydrogens is 256 g/mol. The van der Waals surface area contributed by atoms with Gasteiger partial charge in [0.15, 0.2) is 0 Å². The van der Waals surface area contributed by atoms with Gasteiger partial charge >= 0.3 is 0 Å². The Balaban J connectivity index is 3.00. The fraction of sp³-hybridized carbons (Fsp3) is 0.867. The third-order valence-corrected chi connectivity index (χ3v) is 3.84. The molecule has 0 aromatic heterocycles. The highest BCUT2D eigenvalue weighted by atomic mass is 16.5. The molecule has 5 heteroatoms. The van der Waals surface area contributed by atoms with Gasteiger partial charge in [-0.05, 0) is 25.7 Å². The first-order chi connectivity index (χ1) is 9.18. The molecule has 0 aromatic rings. The summed E-state index contributed by atoms with van der Waals surface area (Å²) in [5.41, 5.74) is -0.296. The maximum absolute atomic E-state index is 12.8. The van der Waals surface area contributed by atoms with Crippen molar-refractivity contribution < 1.29 is 14.3 Å². The summed E-state index contributed by atoms with van der Waals surface area (Å²) < 4.78 is 5.10. The van der Waals surface area contributed by atoms with E-state index in [0.29, 0.717) is 13.0 Å². The average molecular weight is 284 g/mol. The molecule has 1 fully saturated rings. The Morgan fingerprint density at radius 2 is 2.00 bits per heavy atom. The molecule has 2 amide bonds. The van der Waals surface area contributed by atoms with E-state index in [0.717, 1.165) is 6.42 Å². The Labute approximate surface area is 122 Å². The molecule has 0 radical (unpaired) electrons. The van der Waals surface area contributed by atoms with E-state index in [9.17, 15) is 9.59 Å². The summed E-state index contributed by atoms with van der Waals surface area (Å²) in [6.07, 6.45) is 1.13. The third-order valence-electron chi connectivity index (χ3n) is 3.84. The van der Waals surface area contributed by atoms with E-state index >= 15 is 0 Å². The average Bonchev–Trinajstić information content (AvgIpc) is 2.42. The number of amides is 2. The Hall–Kier alpha value is -1.10. The van der Waals surface area contributed by atoms with Crippen LogP contribution in [0.4, 0.5) is 0 Å². The Kier molecular flexibility index (Phi) is 5.57. The molecule has 1 aliphatic rings. The second kappa shape index (κ2) is 6.57. The minimum atomic E-state index is -0.468. The highest BCUT2D eigenvalue weighted by Gasteiger charge is 2.41. The topological polar surface area (TPSA) is 58.6 Å². The zero-order valence-corrected chi connectivity index (χ0v) is 13.5. The van der Waals surface area contributed by atoms with Crippen molar-refractivity contribution in [1.29, 1.82) is 0 Å². The number of rotatable bonds is 4. The second-order valence-corrected chi connectivity index (χ2v) is 6.80. The van der Waals surface area contributed by atoms with Crippen molar-refractivity contribution in [2.24, 2.45) is 5.41 Å². The van der Waals surface area contributed by atoms with Gasteiger partial charge in [0.05, 0.1) is 0 Å². The van der Waals surface area contributed by atoms with Gasteiger partial charge in [-0.3, -0.25) is 9.59 Å². The number of hydrogen-bond donors (Lipinski definition) is 1. The molecule has 1 aliphatic heterocycles. The fourth-order valence-corrected chi connectivity index (χ4v) is 2.68. The minimum absolute atomic E-state index is 0.0134. The van der Waals surface area contributed by atoms with Crippen LogP contribution < -0.4 is 5.32 Å². The lowest BCUT2D eigenvalue weighted by molar-refractivity contribution is -0.140. The molecule has 116 valence electrons. The molecule has 0 spiro atoms. The summed E-state index contributed by atoms with van der Waals surface area (Å²) in [5.74, 6) is -0.0355. The van der Waals surface area contributed by atoms with Gasteiger partial charge < -0.3 is 15.0 Å². The molecule has 20 heavy (non-hydrogen) atoms. The Morgan fingerprint density at radius 1 is 1.40 bits per heavy atom. The van der Waals surface area contributed by atoms with E-state index < -0.39 is 6.04 Å². The monoisotopic (exact) mass is 284 g/mol. The van der Waals surface area contributed by atoms with Crippen molar-refractivity contribution in [1.82, 2.24) is 10.2 Å². The van der Waals surface area contributed by atoms with Gasteiger partial charge in [0.2, 0.25) is 11.8 Å². The Morgan fingerprint density at radius 3 is 2.50 bits per heavy atom. The number of nitrogens with zero attached hydrogens (tertiary/aromatic N) is 1. The van der Waals surface area contributed by atoms with Gasteiger partial charge in [-0.25, -0.2) is 0 Å². The van der Waals surface area contributed by atoms with Crippen molar-refractivity contribution in [3.8, 4) is 0 Å². The molecule has 1 saturated heterocycles. The van der Waals surface area contributed by atoms with E-state index in [4.69, 9.17) is 4.74 Å². The van der Waals surface area contributed by atoms with Crippen molar-refractivity contribution in [3.05, 3.63) is 0 Å². The maximum Gasteiger partial charge on any atom is 0.246 e. The number of carbonyl (C=O) groups is 2. The predicted molar refractivity (Wildman–Crippen MR) is 78.3 cm³/mol. The van der Waals surface area contributed by atoms with Crippen LogP contribution in [0.1, 0.15) is 47.5 Å². The lowest BCUT2D eigenvalue weighted by atomic mass is 9.85. The number of nitrogens with one attached hydrogen (secondary N) is 1. The standard InChI is InChI=1S/C15H28N2O3/c1-10(7-8-20-6)17-11(2)9-12(18)16-13(14(17)19)15(3,4)5/h10-11,13H,7-9H2,1-6H3,(H,16,18). The second-order valence-electron chi connectivity index (χ2n) is 6.80. The zero-order chi connectivity index (χ0) is 15.5. The number of ether oxygens (including phenoxy) is 1. The minimum Gasteiger partial charge on any atom is -0.385 e. The van der Waals surface area contributed by atoms with Crippen LogP contribution in [0.5, 0.6) is 0 Å². The molecule has 5 nitrogen and oxygen atoms in total. The van der Waals surface area contributed by atoms with Crippen LogP contribution in [0.15, 0.2) is 0 Å². The van der Waals surface area contributed by atoms with Crippen LogP contribution in [-0.4, -0.2) is 48.6 Å².